The lowest BCUT2D eigenvalue weighted by molar-refractivity contribution is 0.0816. The minimum absolute atomic E-state index is 0.136. The molecule has 1 aromatic heterocycles. The largest absolute Gasteiger partial charge is 0.396 e. The van der Waals surface area contributed by atoms with Gasteiger partial charge in [-0.2, -0.15) is 5.10 Å². The van der Waals surface area contributed by atoms with Crippen molar-refractivity contribution in [2.75, 3.05) is 13.2 Å². The van der Waals surface area contributed by atoms with Gasteiger partial charge in [-0.25, -0.2) is 4.68 Å². The maximum atomic E-state index is 9.16. The second-order valence-electron chi connectivity index (χ2n) is 7.25. The van der Waals surface area contributed by atoms with Crippen LogP contribution in [0.3, 0.4) is 0 Å². The van der Waals surface area contributed by atoms with Crippen LogP contribution < -0.4 is 0 Å². The molecule has 1 heterocycles. The Kier molecular flexibility index (Phi) is 6.15. The Labute approximate surface area is 145 Å². The van der Waals surface area contributed by atoms with Crippen LogP contribution in [0.15, 0.2) is 37.4 Å². The molecule has 0 aliphatic rings. The molecule has 0 atom stereocenters. The molecular formula is C19H28N2O2Si. The number of hydrogen-bond acceptors (Lipinski definition) is 3. The molecular weight excluding hydrogens is 316 g/mol. The molecule has 0 aliphatic carbocycles. The van der Waals surface area contributed by atoms with Crippen LogP contribution >= 0.6 is 0 Å². The van der Waals surface area contributed by atoms with Crippen molar-refractivity contribution in [2.24, 2.45) is 0 Å². The molecule has 0 saturated heterocycles. The number of rotatable bonds is 9. The monoisotopic (exact) mass is 344 g/mol. The Balaban J connectivity index is 2.26. The van der Waals surface area contributed by atoms with Gasteiger partial charge >= 0.3 is 0 Å². The van der Waals surface area contributed by atoms with Crippen molar-refractivity contribution in [1.29, 1.82) is 0 Å². The van der Waals surface area contributed by atoms with Crippen molar-refractivity contribution in [3.8, 4) is 0 Å². The average molecular weight is 345 g/mol. The molecule has 0 amide bonds. The first-order chi connectivity index (χ1) is 11.4. The lowest BCUT2D eigenvalue weighted by Gasteiger charge is -2.15. The first-order valence-electron chi connectivity index (χ1n) is 8.35. The van der Waals surface area contributed by atoms with Gasteiger partial charge in [-0.3, -0.25) is 0 Å². The molecule has 2 aromatic rings. The summed E-state index contributed by atoms with van der Waals surface area (Å²) in [6.07, 6.45) is 2.35. The van der Waals surface area contributed by atoms with E-state index in [1.54, 1.807) is 6.08 Å². The van der Waals surface area contributed by atoms with Gasteiger partial charge in [0.15, 0.2) is 0 Å². The summed E-state index contributed by atoms with van der Waals surface area (Å²) in [4.78, 5) is 0. The summed E-state index contributed by atoms with van der Waals surface area (Å²) in [5.41, 5.74) is 3.72. The zero-order valence-electron chi connectivity index (χ0n) is 15.0. The Hall–Kier alpha value is -1.69. The third kappa shape index (κ3) is 4.66. The Bertz CT molecular complexity index is 729. The second-order valence-corrected chi connectivity index (χ2v) is 12.9. The van der Waals surface area contributed by atoms with Gasteiger partial charge in [0, 0.05) is 26.7 Å². The summed E-state index contributed by atoms with van der Waals surface area (Å²) in [5.74, 6) is 0. The molecule has 5 heteroatoms. The van der Waals surface area contributed by atoms with Gasteiger partial charge in [-0.1, -0.05) is 44.9 Å². The number of aliphatic hydroxyl groups is 1. The van der Waals surface area contributed by atoms with E-state index in [0.29, 0.717) is 13.2 Å². The maximum Gasteiger partial charge on any atom is 0.140 e. The first-order valence-corrected chi connectivity index (χ1v) is 12.1. The van der Waals surface area contributed by atoms with E-state index in [0.717, 1.165) is 40.4 Å². The Morgan fingerprint density at radius 1 is 1.38 bits per heavy atom. The molecule has 0 aliphatic heterocycles. The number of benzene rings is 1. The Morgan fingerprint density at radius 2 is 2.12 bits per heavy atom. The van der Waals surface area contributed by atoms with Crippen molar-refractivity contribution < 1.29 is 9.84 Å². The molecule has 1 aromatic carbocycles. The normalized spacial score (nSPS) is 11.8. The smallest absolute Gasteiger partial charge is 0.140 e. The minimum atomic E-state index is -1.09. The summed E-state index contributed by atoms with van der Waals surface area (Å²) in [7, 11) is -1.09. The highest BCUT2D eigenvalue weighted by Gasteiger charge is 2.14. The quantitative estimate of drug-likeness (QED) is 0.423. The van der Waals surface area contributed by atoms with E-state index >= 15 is 0 Å². The van der Waals surface area contributed by atoms with Crippen LogP contribution in [0.5, 0.6) is 0 Å². The summed E-state index contributed by atoms with van der Waals surface area (Å²) in [5, 5.41) is 14.9. The maximum absolute atomic E-state index is 9.16. The van der Waals surface area contributed by atoms with E-state index in [1.807, 2.05) is 16.8 Å². The fourth-order valence-electron chi connectivity index (χ4n) is 2.47. The molecule has 4 nitrogen and oxygen atoms in total. The standard InChI is InChI=1S/C19H28N2O2Si/c1-6-15(2)19-17-13-16(9-10-22)7-8-18(17)21(20-19)14-23-11-12-24(3,4)5/h6-8,13,22H,1-2,9-12,14H2,3-5H3. The van der Waals surface area contributed by atoms with Crippen molar-refractivity contribution in [3.05, 3.63) is 48.7 Å². The molecule has 0 fully saturated rings. The number of allylic oxidation sites excluding steroid dienone is 2. The molecule has 2 rings (SSSR count). The van der Waals surface area contributed by atoms with Crippen LogP contribution in [0.1, 0.15) is 11.3 Å². The summed E-state index contributed by atoms with van der Waals surface area (Å²) in [6, 6.07) is 7.27. The van der Waals surface area contributed by atoms with Crippen molar-refractivity contribution in [3.63, 3.8) is 0 Å². The number of aromatic nitrogens is 2. The lowest BCUT2D eigenvalue weighted by Crippen LogP contribution is -2.22. The SMILES string of the molecule is C=CC(=C)c1nn(COCC[Si](C)(C)C)c2ccc(CCO)cc12. The average Bonchev–Trinajstić information content (AvgIpc) is 2.88. The van der Waals surface area contributed by atoms with Crippen molar-refractivity contribution in [2.45, 2.75) is 38.8 Å². The third-order valence-corrected chi connectivity index (χ3v) is 5.68. The molecule has 0 radical (unpaired) electrons. The number of ether oxygens (including phenoxy) is 1. The van der Waals surface area contributed by atoms with E-state index in [9.17, 15) is 0 Å². The van der Waals surface area contributed by atoms with Crippen LogP contribution in [-0.4, -0.2) is 36.2 Å². The van der Waals surface area contributed by atoms with Crippen LogP contribution in [0.25, 0.3) is 16.5 Å². The van der Waals surface area contributed by atoms with Crippen LogP contribution in [-0.2, 0) is 17.9 Å². The zero-order valence-corrected chi connectivity index (χ0v) is 16.0. The van der Waals surface area contributed by atoms with Crippen molar-refractivity contribution >= 4 is 24.5 Å². The van der Waals surface area contributed by atoms with Crippen LogP contribution in [0.4, 0.5) is 0 Å². The van der Waals surface area contributed by atoms with E-state index in [2.05, 4.69) is 44.0 Å². The van der Waals surface area contributed by atoms with Crippen LogP contribution in [0.2, 0.25) is 25.7 Å². The highest BCUT2D eigenvalue weighted by molar-refractivity contribution is 6.76. The topological polar surface area (TPSA) is 47.3 Å². The molecule has 1 N–H and O–H groups in total. The van der Waals surface area contributed by atoms with Gasteiger partial charge in [-0.05, 0) is 35.7 Å². The van der Waals surface area contributed by atoms with E-state index in [-0.39, 0.29) is 6.61 Å². The van der Waals surface area contributed by atoms with Gasteiger partial charge in [0.2, 0.25) is 0 Å². The fourth-order valence-corrected chi connectivity index (χ4v) is 3.23. The third-order valence-electron chi connectivity index (χ3n) is 3.98. The molecule has 0 saturated carbocycles. The zero-order chi connectivity index (χ0) is 17.7. The van der Waals surface area contributed by atoms with Crippen molar-refractivity contribution in [1.82, 2.24) is 9.78 Å². The summed E-state index contributed by atoms with van der Waals surface area (Å²) in [6.45, 7) is 16.2. The van der Waals surface area contributed by atoms with Gasteiger partial charge in [0.05, 0.1) is 11.2 Å². The molecule has 0 unspecified atom stereocenters. The van der Waals surface area contributed by atoms with Gasteiger partial charge in [0.25, 0.3) is 0 Å². The van der Waals surface area contributed by atoms with Gasteiger partial charge < -0.3 is 9.84 Å². The molecule has 24 heavy (non-hydrogen) atoms. The number of hydrogen-bond donors (Lipinski definition) is 1. The van der Waals surface area contributed by atoms with E-state index in [1.165, 1.54) is 0 Å². The Morgan fingerprint density at radius 3 is 2.75 bits per heavy atom. The fraction of sp³-hybridized carbons (Fsp3) is 0.421. The first kappa shape index (κ1) is 18.6. The second kappa shape index (κ2) is 7.92. The molecule has 0 bridgehead atoms. The highest BCUT2D eigenvalue weighted by atomic mass is 28.3. The number of fused-ring (bicyclic) bond motifs is 1. The van der Waals surface area contributed by atoms with Gasteiger partial charge in [-0.15, -0.1) is 0 Å². The lowest BCUT2D eigenvalue weighted by atomic mass is 10.1. The number of aliphatic hydroxyl groups excluding tert-OH is 1. The summed E-state index contributed by atoms with van der Waals surface area (Å²) < 4.78 is 7.73. The minimum Gasteiger partial charge on any atom is -0.396 e. The molecule has 130 valence electrons. The van der Waals surface area contributed by atoms with E-state index in [4.69, 9.17) is 9.84 Å². The van der Waals surface area contributed by atoms with Gasteiger partial charge in [0.1, 0.15) is 6.73 Å². The molecule has 0 spiro atoms. The van der Waals surface area contributed by atoms with E-state index < -0.39 is 8.07 Å². The number of nitrogens with zero attached hydrogens (tertiary/aromatic N) is 2. The predicted octanol–water partition coefficient (Wildman–Crippen LogP) is 4.08. The highest BCUT2D eigenvalue weighted by Crippen LogP contribution is 2.26. The van der Waals surface area contributed by atoms with Crippen LogP contribution in [0, 0.1) is 0 Å². The predicted molar refractivity (Wildman–Crippen MR) is 104 cm³/mol. The summed E-state index contributed by atoms with van der Waals surface area (Å²) >= 11 is 0.